The number of aliphatic carboxylic acids is 1. The molecule has 2 aliphatic heterocycles. The molecule has 2 aliphatic rings. The van der Waals surface area contributed by atoms with Crippen LogP contribution in [0.3, 0.4) is 0 Å². The third-order valence-corrected chi connectivity index (χ3v) is 5.20. The van der Waals surface area contributed by atoms with E-state index in [1.807, 2.05) is 0 Å². The largest absolute Gasteiger partial charge is 0.480 e. The summed E-state index contributed by atoms with van der Waals surface area (Å²) in [5, 5.41) is 17.3. The van der Waals surface area contributed by atoms with E-state index in [-0.39, 0.29) is 30.8 Å². The average molecular weight is 397 g/mol. The molecule has 0 radical (unpaired) electrons. The zero-order valence-electron chi connectivity index (χ0n) is 16.1. The van der Waals surface area contributed by atoms with Crippen LogP contribution in [0.15, 0.2) is 0 Å². The maximum absolute atomic E-state index is 12.6. The van der Waals surface area contributed by atoms with Crippen LogP contribution in [0.1, 0.15) is 44.9 Å². The fourth-order valence-corrected chi connectivity index (χ4v) is 3.68. The van der Waals surface area contributed by atoms with Crippen LogP contribution in [0.2, 0.25) is 0 Å². The van der Waals surface area contributed by atoms with Crippen molar-refractivity contribution in [2.75, 3.05) is 26.2 Å². The Morgan fingerprint density at radius 3 is 2.61 bits per heavy atom. The van der Waals surface area contributed by atoms with Gasteiger partial charge < -0.3 is 31.7 Å². The van der Waals surface area contributed by atoms with Crippen molar-refractivity contribution in [3.63, 3.8) is 0 Å². The summed E-state index contributed by atoms with van der Waals surface area (Å²) < 4.78 is 0. The normalized spacial score (nSPS) is 22.7. The van der Waals surface area contributed by atoms with Gasteiger partial charge in [-0.25, -0.2) is 4.79 Å². The number of hydrogen-bond acceptors (Lipinski definition) is 6. The lowest BCUT2D eigenvalue weighted by molar-refractivity contribution is -0.142. The minimum absolute atomic E-state index is 0.0644. The second kappa shape index (κ2) is 11.0. The predicted octanol–water partition coefficient (Wildman–Crippen LogP) is -1.46. The fourth-order valence-electron chi connectivity index (χ4n) is 3.68. The molecule has 3 amide bonds. The highest BCUT2D eigenvalue weighted by molar-refractivity contribution is 5.93. The van der Waals surface area contributed by atoms with Gasteiger partial charge in [-0.15, -0.1) is 0 Å². The molecule has 0 spiro atoms. The zero-order valence-corrected chi connectivity index (χ0v) is 16.1. The maximum atomic E-state index is 12.6. The predicted molar refractivity (Wildman–Crippen MR) is 101 cm³/mol. The molecule has 10 nitrogen and oxygen atoms in total. The van der Waals surface area contributed by atoms with Gasteiger partial charge in [0.1, 0.15) is 12.1 Å². The molecule has 2 saturated heterocycles. The van der Waals surface area contributed by atoms with Gasteiger partial charge in [-0.2, -0.15) is 0 Å². The maximum Gasteiger partial charge on any atom is 0.326 e. The molecular weight excluding hydrogens is 366 g/mol. The number of likely N-dealkylation sites (tertiary alicyclic amines) is 1. The highest BCUT2D eigenvalue weighted by Crippen LogP contribution is 2.20. The summed E-state index contributed by atoms with van der Waals surface area (Å²) in [7, 11) is 0. The van der Waals surface area contributed by atoms with E-state index in [2.05, 4.69) is 16.0 Å². The van der Waals surface area contributed by atoms with Crippen molar-refractivity contribution >= 4 is 23.7 Å². The summed E-state index contributed by atoms with van der Waals surface area (Å²) in [6.07, 6.45) is 4.57. The third-order valence-electron chi connectivity index (χ3n) is 5.20. The van der Waals surface area contributed by atoms with Crippen molar-refractivity contribution in [1.82, 2.24) is 20.9 Å². The van der Waals surface area contributed by atoms with Crippen LogP contribution in [0, 0.1) is 0 Å². The van der Waals surface area contributed by atoms with Gasteiger partial charge in [-0.05, 0) is 58.0 Å². The van der Waals surface area contributed by atoms with Crippen LogP contribution in [0.25, 0.3) is 0 Å². The highest BCUT2D eigenvalue weighted by atomic mass is 16.4. The number of carbonyl (C=O) groups excluding carboxylic acids is 3. The molecule has 3 unspecified atom stereocenters. The average Bonchev–Trinajstić information content (AvgIpc) is 3.36. The highest BCUT2D eigenvalue weighted by Gasteiger charge is 2.37. The third kappa shape index (κ3) is 6.16. The molecule has 6 N–H and O–H groups in total. The lowest BCUT2D eigenvalue weighted by atomic mass is 10.1. The number of rotatable bonds is 10. The SMILES string of the molecule is NCCCCC(NC(=O)CNC(=O)C1CCCN1C(=O)C1CCCN1)C(=O)O. The van der Waals surface area contributed by atoms with Gasteiger partial charge in [0.25, 0.3) is 0 Å². The van der Waals surface area contributed by atoms with E-state index in [9.17, 15) is 24.3 Å². The first kappa shape index (κ1) is 22.1. The van der Waals surface area contributed by atoms with E-state index >= 15 is 0 Å². The van der Waals surface area contributed by atoms with E-state index in [1.165, 1.54) is 0 Å². The number of nitrogens with two attached hydrogens (primary N) is 1. The first-order chi connectivity index (χ1) is 13.4. The summed E-state index contributed by atoms with van der Waals surface area (Å²) in [5.74, 6) is -2.13. The fraction of sp³-hybridized carbons (Fsp3) is 0.778. The molecule has 0 aromatic heterocycles. The summed E-state index contributed by atoms with van der Waals surface area (Å²) in [4.78, 5) is 49.9. The van der Waals surface area contributed by atoms with Crippen LogP contribution >= 0.6 is 0 Å². The number of carbonyl (C=O) groups is 4. The molecule has 2 heterocycles. The van der Waals surface area contributed by atoms with Gasteiger partial charge in [0.2, 0.25) is 17.7 Å². The molecule has 158 valence electrons. The number of hydrogen-bond donors (Lipinski definition) is 5. The Hall–Kier alpha value is -2.20. The molecule has 28 heavy (non-hydrogen) atoms. The number of carboxylic acid groups (broad SMARTS) is 1. The molecule has 0 saturated carbocycles. The van der Waals surface area contributed by atoms with Crippen molar-refractivity contribution in [2.45, 2.75) is 63.1 Å². The van der Waals surface area contributed by atoms with Crippen LogP contribution in [0.4, 0.5) is 0 Å². The summed E-state index contributed by atoms with van der Waals surface area (Å²) in [5.41, 5.74) is 5.39. The van der Waals surface area contributed by atoms with Gasteiger partial charge >= 0.3 is 5.97 Å². The Kier molecular flexibility index (Phi) is 8.65. The van der Waals surface area contributed by atoms with Crippen molar-refractivity contribution in [3.05, 3.63) is 0 Å². The standard InChI is InChI=1S/C18H31N5O5/c19-8-2-1-5-13(18(27)28)22-15(24)11-21-16(25)14-7-4-10-23(14)17(26)12-6-3-9-20-12/h12-14,20H,1-11,19H2,(H,21,25)(H,22,24)(H,27,28). The molecule has 0 aromatic carbocycles. The van der Waals surface area contributed by atoms with E-state index in [4.69, 9.17) is 5.73 Å². The van der Waals surface area contributed by atoms with Crippen molar-refractivity contribution in [3.8, 4) is 0 Å². The second-order valence-corrected chi connectivity index (χ2v) is 7.30. The van der Waals surface area contributed by atoms with Crippen molar-refractivity contribution in [1.29, 1.82) is 0 Å². The molecule has 2 rings (SSSR count). The van der Waals surface area contributed by atoms with Gasteiger partial charge in [0.15, 0.2) is 0 Å². The molecule has 3 atom stereocenters. The van der Waals surface area contributed by atoms with E-state index in [0.29, 0.717) is 32.4 Å². The molecule has 0 aliphatic carbocycles. The smallest absolute Gasteiger partial charge is 0.326 e. The van der Waals surface area contributed by atoms with E-state index in [0.717, 1.165) is 25.8 Å². The van der Waals surface area contributed by atoms with Crippen LogP contribution in [-0.2, 0) is 19.2 Å². The first-order valence-electron chi connectivity index (χ1n) is 9.98. The van der Waals surface area contributed by atoms with Gasteiger partial charge in [0.05, 0.1) is 12.6 Å². The summed E-state index contributed by atoms with van der Waals surface area (Å²) >= 11 is 0. The summed E-state index contributed by atoms with van der Waals surface area (Å²) in [6, 6.07) is -1.82. The van der Waals surface area contributed by atoms with Gasteiger partial charge in [-0.1, -0.05) is 0 Å². The van der Waals surface area contributed by atoms with Crippen molar-refractivity contribution < 1.29 is 24.3 Å². The number of unbranched alkanes of at least 4 members (excludes halogenated alkanes) is 1. The second-order valence-electron chi connectivity index (χ2n) is 7.30. The van der Waals surface area contributed by atoms with Gasteiger partial charge in [0, 0.05) is 6.54 Å². The Morgan fingerprint density at radius 1 is 1.18 bits per heavy atom. The van der Waals surface area contributed by atoms with E-state index < -0.39 is 24.0 Å². The molecule has 0 bridgehead atoms. The number of amides is 3. The molecular formula is C18H31N5O5. The van der Waals surface area contributed by atoms with E-state index in [1.54, 1.807) is 4.90 Å². The minimum atomic E-state index is -1.12. The topological polar surface area (TPSA) is 154 Å². The van der Waals surface area contributed by atoms with Gasteiger partial charge in [-0.3, -0.25) is 14.4 Å². The summed E-state index contributed by atoms with van der Waals surface area (Å²) in [6.45, 7) is 1.48. The first-order valence-corrected chi connectivity index (χ1v) is 9.98. The molecule has 10 heteroatoms. The molecule has 2 fully saturated rings. The van der Waals surface area contributed by atoms with Crippen molar-refractivity contribution in [2.24, 2.45) is 5.73 Å². The van der Waals surface area contributed by atoms with Crippen LogP contribution in [-0.4, -0.2) is 78.0 Å². The number of nitrogens with one attached hydrogen (secondary N) is 3. The zero-order chi connectivity index (χ0) is 20.5. The number of nitrogens with zero attached hydrogens (tertiary/aromatic N) is 1. The lowest BCUT2D eigenvalue weighted by Gasteiger charge is -2.26. The number of carboxylic acids is 1. The Bertz CT molecular complexity index is 579. The van der Waals surface area contributed by atoms with Crippen LogP contribution in [0.5, 0.6) is 0 Å². The van der Waals surface area contributed by atoms with Crippen LogP contribution < -0.4 is 21.7 Å². The quantitative estimate of drug-likeness (QED) is 0.282. The minimum Gasteiger partial charge on any atom is -0.480 e. The monoisotopic (exact) mass is 397 g/mol. The molecule has 0 aromatic rings. The Morgan fingerprint density at radius 2 is 1.96 bits per heavy atom. The lowest BCUT2D eigenvalue weighted by Crippen LogP contribution is -2.52. The Balaban J connectivity index is 1.80. The Labute approximate surface area is 164 Å².